The minimum atomic E-state index is -0.794. The van der Waals surface area contributed by atoms with Gasteiger partial charge in [-0.3, -0.25) is 0 Å². The average molecular weight is 327 g/mol. The first-order valence-corrected chi connectivity index (χ1v) is 6.64. The molecule has 1 atom stereocenters. The summed E-state index contributed by atoms with van der Waals surface area (Å²) in [5.74, 6) is -0.703. The van der Waals surface area contributed by atoms with Crippen molar-refractivity contribution in [3.8, 4) is 0 Å². The van der Waals surface area contributed by atoms with Crippen molar-refractivity contribution in [1.29, 1.82) is 0 Å². The molecule has 1 nitrogen and oxygen atoms in total. The molecule has 0 aromatic heterocycles. The van der Waals surface area contributed by atoms with E-state index in [1.807, 2.05) is 6.92 Å². The molecule has 0 saturated heterocycles. The van der Waals surface area contributed by atoms with Crippen LogP contribution in [-0.4, -0.2) is 5.11 Å². The monoisotopic (exact) mass is 326 g/mol. The van der Waals surface area contributed by atoms with Crippen molar-refractivity contribution >= 4 is 15.9 Å². The second-order valence-corrected chi connectivity index (χ2v) is 5.32. The molecule has 4 heteroatoms. The zero-order valence-corrected chi connectivity index (χ0v) is 11.9. The van der Waals surface area contributed by atoms with Crippen LogP contribution in [0.2, 0.25) is 0 Å². The van der Waals surface area contributed by atoms with Gasteiger partial charge in [0.05, 0.1) is 10.6 Å². The van der Waals surface area contributed by atoms with E-state index in [4.69, 9.17) is 0 Å². The lowest BCUT2D eigenvalue weighted by Crippen LogP contribution is -2.04. The molecule has 2 aromatic rings. The highest BCUT2D eigenvalue weighted by atomic mass is 79.9. The third-order valence-corrected chi connectivity index (χ3v) is 3.66. The van der Waals surface area contributed by atoms with Crippen LogP contribution in [0.1, 0.15) is 22.8 Å². The Morgan fingerprint density at radius 3 is 2.58 bits per heavy atom. The number of aliphatic hydroxyl groups excluding tert-OH is 1. The number of benzene rings is 2. The third-order valence-electron chi connectivity index (χ3n) is 3.05. The molecular formula is C15H13BrF2O. The largest absolute Gasteiger partial charge is 0.388 e. The maximum atomic E-state index is 13.2. The summed E-state index contributed by atoms with van der Waals surface area (Å²) in [5, 5.41) is 10.1. The summed E-state index contributed by atoms with van der Waals surface area (Å²) in [6.07, 6.45) is -0.501. The Labute approximate surface area is 119 Å². The van der Waals surface area contributed by atoms with E-state index < -0.39 is 6.10 Å². The van der Waals surface area contributed by atoms with Crippen LogP contribution in [0.3, 0.4) is 0 Å². The lowest BCUT2D eigenvalue weighted by Gasteiger charge is -2.13. The normalized spacial score (nSPS) is 12.5. The zero-order chi connectivity index (χ0) is 14.0. The van der Waals surface area contributed by atoms with Crippen LogP contribution in [0.25, 0.3) is 0 Å². The van der Waals surface area contributed by atoms with Crippen molar-refractivity contribution in [2.75, 3.05) is 0 Å². The Morgan fingerprint density at radius 1 is 1.16 bits per heavy atom. The number of rotatable bonds is 3. The van der Waals surface area contributed by atoms with Gasteiger partial charge in [0.1, 0.15) is 11.6 Å². The van der Waals surface area contributed by atoms with Crippen molar-refractivity contribution in [2.45, 2.75) is 19.4 Å². The zero-order valence-electron chi connectivity index (χ0n) is 10.3. The molecule has 0 spiro atoms. The van der Waals surface area contributed by atoms with E-state index in [-0.39, 0.29) is 11.6 Å². The second kappa shape index (κ2) is 5.80. The van der Waals surface area contributed by atoms with E-state index in [1.54, 1.807) is 6.07 Å². The smallest absolute Gasteiger partial charge is 0.137 e. The summed E-state index contributed by atoms with van der Waals surface area (Å²) in [6.45, 7) is 1.86. The van der Waals surface area contributed by atoms with Gasteiger partial charge in [-0.15, -0.1) is 0 Å². The third kappa shape index (κ3) is 3.39. The number of hydrogen-bond donors (Lipinski definition) is 1. The van der Waals surface area contributed by atoms with Gasteiger partial charge in [-0.2, -0.15) is 0 Å². The summed E-state index contributed by atoms with van der Waals surface area (Å²) in [6, 6.07) is 8.84. The van der Waals surface area contributed by atoms with Crippen LogP contribution in [-0.2, 0) is 6.42 Å². The van der Waals surface area contributed by atoms with Crippen molar-refractivity contribution in [1.82, 2.24) is 0 Å². The molecule has 0 fully saturated rings. The van der Waals surface area contributed by atoms with Gasteiger partial charge >= 0.3 is 0 Å². The maximum absolute atomic E-state index is 13.2. The average Bonchev–Trinajstić information content (AvgIpc) is 2.37. The summed E-state index contributed by atoms with van der Waals surface area (Å²) >= 11 is 3.08. The van der Waals surface area contributed by atoms with Crippen LogP contribution in [0.5, 0.6) is 0 Å². The van der Waals surface area contributed by atoms with Gasteiger partial charge in [0.2, 0.25) is 0 Å². The Balaban J connectivity index is 2.22. The van der Waals surface area contributed by atoms with Crippen LogP contribution in [0.15, 0.2) is 40.9 Å². The molecule has 100 valence electrons. The fourth-order valence-electron chi connectivity index (χ4n) is 1.91. The maximum Gasteiger partial charge on any atom is 0.137 e. The van der Waals surface area contributed by atoms with Crippen molar-refractivity contribution in [2.24, 2.45) is 0 Å². The Morgan fingerprint density at radius 2 is 1.89 bits per heavy atom. The molecule has 2 aromatic carbocycles. The van der Waals surface area contributed by atoms with Gasteiger partial charge in [0.25, 0.3) is 0 Å². The molecule has 1 N–H and O–H groups in total. The summed E-state index contributed by atoms with van der Waals surface area (Å²) in [5.41, 5.74) is 2.26. The van der Waals surface area contributed by atoms with Gasteiger partial charge in [0, 0.05) is 6.42 Å². The number of aliphatic hydroxyl groups is 1. The van der Waals surface area contributed by atoms with Crippen LogP contribution < -0.4 is 0 Å². The Hall–Kier alpha value is -1.26. The molecule has 0 amide bonds. The minimum Gasteiger partial charge on any atom is -0.388 e. The molecule has 19 heavy (non-hydrogen) atoms. The quantitative estimate of drug-likeness (QED) is 0.891. The summed E-state index contributed by atoms with van der Waals surface area (Å²) in [7, 11) is 0. The standard InChI is InChI=1S/C15H13BrF2O/c1-9-2-4-12(17)6-11(9)8-15(19)10-3-5-14(18)13(16)7-10/h2-7,15,19H,8H2,1H3. The Kier molecular flexibility index (Phi) is 4.32. The van der Waals surface area contributed by atoms with E-state index in [1.165, 1.54) is 30.3 Å². The highest BCUT2D eigenvalue weighted by molar-refractivity contribution is 9.10. The number of hydrogen-bond acceptors (Lipinski definition) is 1. The van der Waals surface area contributed by atoms with Gasteiger partial charge < -0.3 is 5.11 Å². The predicted molar refractivity (Wildman–Crippen MR) is 73.9 cm³/mol. The summed E-state index contributed by atoms with van der Waals surface area (Å²) < 4.78 is 26.6. The van der Waals surface area contributed by atoms with Gasteiger partial charge in [-0.1, -0.05) is 12.1 Å². The molecule has 0 aliphatic carbocycles. The number of aryl methyl sites for hydroxylation is 1. The predicted octanol–water partition coefficient (Wildman–Crippen LogP) is 4.31. The van der Waals surface area contributed by atoms with E-state index in [0.29, 0.717) is 16.5 Å². The van der Waals surface area contributed by atoms with Crippen molar-refractivity contribution in [3.05, 3.63) is 69.2 Å². The molecule has 0 aliphatic rings. The number of halogens is 3. The molecule has 0 saturated carbocycles. The topological polar surface area (TPSA) is 20.2 Å². The lowest BCUT2D eigenvalue weighted by atomic mass is 9.98. The van der Waals surface area contributed by atoms with Crippen molar-refractivity contribution in [3.63, 3.8) is 0 Å². The molecule has 0 heterocycles. The Bertz CT molecular complexity index is 599. The van der Waals surface area contributed by atoms with E-state index in [0.717, 1.165) is 11.1 Å². The van der Waals surface area contributed by atoms with Crippen LogP contribution in [0, 0.1) is 18.6 Å². The molecule has 0 bridgehead atoms. The second-order valence-electron chi connectivity index (χ2n) is 4.46. The minimum absolute atomic E-state index is 0.293. The first-order chi connectivity index (χ1) is 8.97. The van der Waals surface area contributed by atoms with E-state index in [2.05, 4.69) is 15.9 Å². The molecule has 2 rings (SSSR count). The van der Waals surface area contributed by atoms with Crippen LogP contribution in [0.4, 0.5) is 8.78 Å². The van der Waals surface area contributed by atoms with Crippen molar-refractivity contribution < 1.29 is 13.9 Å². The highest BCUT2D eigenvalue weighted by Gasteiger charge is 2.12. The first-order valence-electron chi connectivity index (χ1n) is 5.85. The lowest BCUT2D eigenvalue weighted by molar-refractivity contribution is 0.178. The molecule has 0 radical (unpaired) electrons. The fraction of sp³-hybridized carbons (Fsp3) is 0.200. The van der Waals surface area contributed by atoms with Gasteiger partial charge in [0.15, 0.2) is 0 Å². The van der Waals surface area contributed by atoms with Crippen LogP contribution >= 0.6 is 15.9 Å². The molecule has 0 aliphatic heterocycles. The first kappa shape index (κ1) is 14.2. The SMILES string of the molecule is Cc1ccc(F)cc1CC(O)c1ccc(F)c(Br)c1. The van der Waals surface area contributed by atoms with E-state index in [9.17, 15) is 13.9 Å². The van der Waals surface area contributed by atoms with Gasteiger partial charge in [-0.05, 0) is 63.8 Å². The molecule has 1 unspecified atom stereocenters. The van der Waals surface area contributed by atoms with Gasteiger partial charge in [-0.25, -0.2) is 8.78 Å². The summed E-state index contributed by atoms with van der Waals surface area (Å²) in [4.78, 5) is 0. The fourth-order valence-corrected chi connectivity index (χ4v) is 2.30. The molecular weight excluding hydrogens is 314 g/mol. The highest BCUT2D eigenvalue weighted by Crippen LogP contribution is 2.25. The van der Waals surface area contributed by atoms with E-state index >= 15 is 0 Å².